The van der Waals surface area contributed by atoms with E-state index < -0.39 is 68.4 Å². The number of carbonyl (C=O) groups excluding carboxylic acids is 2. The van der Waals surface area contributed by atoms with Crippen LogP contribution >= 0.6 is 0 Å². The highest BCUT2D eigenvalue weighted by Crippen LogP contribution is 2.36. The quantitative estimate of drug-likeness (QED) is 0.0240. The smallest absolute Gasteiger partial charge is 0.467 e. The minimum Gasteiger partial charge on any atom is -0.494 e. The Labute approximate surface area is 490 Å². The number of nitrogens with one attached hydrogen (secondary N) is 4. The van der Waals surface area contributed by atoms with Crippen molar-refractivity contribution in [3.63, 3.8) is 0 Å². The summed E-state index contributed by atoms with van der Waals surface area (Å²) in [6.45, 7) is 14.0. The maximum absolute atomic E-state index is 13.7. The van der Waals surface area contributed by atoms with Gasteiger partial charge in [0.15, 0.2) is 45.9 Å². The van der Waals surface area contributed by atoms with E-state index in [1.54, 1.807) is 88.6 Å². The van der Waals surface area contributed by atoms with E-state index in [0.717, 1.165) is 11.1 Å². The number of pyridine rings is 2. The van der Waals surface area contributed by atoms with E-state index in [0.29, 0.717) is 40.3 Å². The topological polar surface area (TPSA) is 332 Å². The maximum atomic E-state index is 13.7. The number of guanidine groups is 2. The van der Waals surface area contributed by atoms with Crippen molar-refractivity contribution >= 4 is 57.1 Å². The lowest BCUT2D eigenvalue weighted by molar-refractivity contribution is -0.480. The van der Waals surface area contributed by atoms with E-state index in [1.807, 2.05) is 27.7 Å². The second-order valence-corrected chi connectivity index (χ2v) is 21.2. The van der Waals surface area contributed by atoms with Crippen LogP contribution in [-0.2, 0) is 31.4 Å². The standard InChI is InChI=1S/2C27H33N7O7S/c1-16(2)41-25(20-14-30-23(40-7)15-29-20)18(4)42(37)33-27(31-24-21(38-5)9-8-10-22(24)39-6)34(36)32-26(35)19-11-17(3)12-28-13-19;1-16(2)41-24(25-29-14-20(38-5)15-30-25)18(4)42(37)33-27(31-23-21(39-6)9-8-10-22(23)40-7)34(36)32-26(35)19-11-17(3)12-28-13-19/h8-16,18,25H,1-7H3,(H-,31,32,33,35,36);8-16,18,24H,1-7H3,(H-,31,32,33,35,36)/p+2/t18-,25+,42?;18-,24+,42?/m10/s1. The second-order valence-electron chi connectivity index (χ2n) is 18.3. The van der Waals surface area contributed by atoms with Gasteiger partial charge in [0.25, 0.3) is 11.8 Å². The first-order chi connectivity index (χ1) is 40.1. The van der Waals surface area contributed by atoms with E-state index in [4.69, 9.17) is 37.9 Å². The van der Waals surface area contributed by atoms with Gasteiger partial charge in [-0.1, -0.05) is 21.9 Å². The number of benzene rings is 2. The first-order valence-electron chi connectivity index (χ1n) is 25.5. The van der Waals surface area contributed by atoms with E-state index in [-0.39, 0.29) is 50.3 Å². The van der Waals surface area contributed by atoms with Gasteiger partial charge in [-0.25, -0.2) is 34.0 Å². The molecule has 0 saturated carbocycles. The molecule has 6 atom stereocenters. The van der Waals surface area contributed by atoms with E-state index >= 15 is 0 Å². The van der Waals surface area contributed by atoms with Crippen LogP contribution in [-0.4, -0.2) is 137 Å². The summed E-state index contributed by atoms with van der Waals surface area (Å²) in [5, 5.41) is 3.95. The zero-order chi connectivity index (χ0) is 61.6. The molecule has 28 nitrogen and oxygen atoms in total. The molecular formula is C54H68N14O14S2+2. The molecule has 0 spiro atoms. The van der Waals surface area contributed by atoms with Gasteiger partial charge in [-0.05, 0) is 103 Å². The molecule has 4 N–H and O–H groups in total. The fourth-order valence-electron chi connectivity index (χ4n) is 7.27. The van der Waals surface area contributed by atoms with Crippen LogP contribution in [0, 0.1) is 23.7 Å². The van der Waals surface area contributed by atoms with Crippen molar-refractivity contribution in [1.82, 2.24) is 40.8 Å². The number of carbonyl (C=O) groups is 2. The number of ether oxygens (including phenoxy) is 8. The molecule has 84 heavy (non-hydrogen) atoms. The third kappa shape index (κ3) is 18.5. The Balaban J connectivity index is 0.000000307. The summed E-state index contributed by atoms with van der Waals surface area (Å²) in [5.41, 5.74) is 6.92. The normalized spacial score (nSPS) is 13.6. The summed E-state index contributed by atoms with van der Waals surface area (Å²) >= 11 is 0. The van der Waals surface area contributed by atoms with Gasteiger partial charge in [-0.15, -0.1) is 0 Å². The number of anilines is 2. The zero-order valence-electron chi connectivity index (χ0n) is 48.7. The third-order valence-corrected chi connectivity index (χ3v) is 13.8. The van der Waals surface area contributed by atoms with Crippen molar-refractivity contribution in [2.24, 2.45) is 8.80 Å². The van der Waals surface area contributed by atoms with Crippen LogP contribution in [0.3, 0.4) is 0 Å². The van der Waals surface area contributed by atoms with E-state index in [1.165, 1.54) is 79.8 Å². The molecule has 30 heteroatoms. The molecule has 2 amide bonds. The number of hydrazine groups is 2. The van der Waals surface area contributed by atoms with Gasteiger partial charge in [-0.3, -0.25) is 24.5 Å². The number of nitroso groups, excluding NO2 is 2. The van der Waals surface area contributed by atoms with Crippen LogP contribution in [0.1, 0.15) is 97.1 Å². The predicted molar refractivity (Wildman–Crippen MR) is 312 cm³/mol. The average Bonchev–Trinajstić information content (AvgIpc) is 3.57. The average molecular weight is 1200 g/mol. The van der Waals surface area contributed by atoms with Crippen molar-refractivity contribution < 1.29 is 65.6 Å². The number of aromatic nitrogens is 6. The number of para-hydroxylation sites is 2. The Morgan fingerprint density at radius 1 is 0.524 bits per heavy atom. The molecule has 448 valence electrons. The molecule has 0 radical (unpaired) electrons. The zero-order valence-corrected chi connectivity index (χ0v) is 50.3. The van der Waals surface area contributed by atoms with Gasteiger partial charge in [0.2, 0.25) is 27.9 Å². The molecule has 6 rings (SSSR count). The summed E-state index contributed by atoms with van der Waals surface area (Å²) in [4.78, 5) is 77.6. The molecule has 0 aliphatic carbocycles. The summed E-state index contributed by atoms with van der Waals surface area (Å²) in [6.07, 6.45) is 9.34. The van der Waals surface area contributed by atoms with Gasteiger partial charge in [0.1, 0.15) is 22.7 Å². The van der Waals surface area contributed by atoms with Crippen molar-refractivity contribution in [3.8, 4) is 34.6 Å². The highest BCUT2D eigenvalue weighted by molar-refractivity contribution is 7.84. The first-order valence-corrected chi connectivity index (χ1v) is 27.9. The molecule has 0 aliphatic heterocycles. The molecule has 0 aliphatic rings. The van der Waals surface area contributed by atoms with Crippen LogP contribution in [0.5, 0.6) is 34.6 Å². The van der Waals surface area contributed by atoms with Gasteiger partial charge in [0, 0.05) is 33.6 Å². The van der Waals surface area contributed by atoms with Crippen molar-refractivity contribution in [1.29, 1.82) is 0 Å². The van der Waals surface area contributed by atoms with Crippen LogP contribution in [0.4, 0.5) is 11.4 Å². The molecule has 0 fully saturated rings. The number of hydrogen-bond donors (Lipinski definition) is 4. The largest absolute Gasteiger partial charge is 0.494 e. The lowest BCUT2D eigenvalue weighted by Gasteiger charge is -2.23. The Kier molecular flexibility index (Phi) is 25.1. The SMILES string of the molecule is COc1cnc([C@@H](OC(C)C)[C@@H](C)S(=O)N=C(Nc2c(OC)cccc2OC)[N+](=O)NC(=O)c2cncc(C)c2)cn1.COc1cnc([C@H](OC(C)C)[C@H](C)S(=O)N=C(Nc2c(OC)cccc2OC)[N+](=O)NC(=O)c2cncc(C)c2)nc1. The highest BCUT2D eigenvalue weighted by Gasteiger charge is 2.36. The molecule has 4 aromatic heterocycles. The number of amides is 2. The fraction of sp³-hybridized carbons (Fsp3) is 0.370. The van der Waals surface area contributed by atoms with Gasteiger partial charge in [0.05, 0.1) is 106 Å². The second kappa shape index (κ2) is 32.0. The molecule has 0 saturated heterocycles. The Bertz CT molecular complexity index is 3080. The third-order valence-electron chi connectivity index (χ3n) is 11.4. The maximum Gasteiger partial charge on any atom is 0.467 e. The molecule has 0 bridgehead atoms. The summed E-state index contributed by atoms with van der Waals surface area (Å²) in [6, 6.07) is 13.0. The molecule has 2 aromatic carbocycles. The van der Waals surface area contributed by atoms with Crippen LogP contribution in [0.15, 0.2) is 107 Å². The molecule has 6 aromatic rings. The summed E-state index contributed by atoms with van der Waals surface area (Å²) in [5.74, 6) is -0.341. The number of nitrogens with zero attached hydrogens (tertiary/aromatic N) is 10. The van der Waals surface area contributed by atoms with Gasteiger partial charge >= 0.3 is 11.9 Å². The molecular weight excluding hydrogens is 1130 g/mol. The number of aryl methyl sites for hydroxylation is 2. The lowest BCUT2D eigenvalue weighted by atomic mass is 10.2. The van der Waals surface area contributed by atoms with Crippen molar-refractivity contribution in [2.75, 3.05) is 53.3 Å². The molecule has 2 unspecified atom stereocenters. The van der Waals surface area contributed by atoms with Gasteiger partial charge < -0.3 is 37.9 Å². The van der Waals surface area contributed by atoms with Crippen LogP contribution in [0.2, 0.25) is 0 Å². The minimum atomic E-state index is -2.12. The van der Waals surface area contributed by atoms with Crippen LogP contribution < -0.4 is 49.9 Å². The Hall–Kier alpha value is -9.00. The van der Waals surface area contributed by atoms with E-state index in [2.05, 4.69) is 60.2 Å². The minimum absolute atomic E-state index is 0.0728. The number of rotatable bonds is 22. The van der Waals surface area contributed by atoms with Crippen LogP contribution in [0.25, 0.3) is 0 Å². The lowest BCUT2D eigenvalue weighted by Crippen LogP contribution is -2.41. The van der Waals surface area contributed by atoms with E-state index in [9.17, 15) is 27.8 Å². The Morgan fingerprint density at radius 3 is 1.30 bits per heavy atom. The summed E-state index contributed by atoms with van der Waals surface area (Å²) in [7, 11) is 4.45. The highest BCUT2D eigenvalue weighted by atomic mass is 32.2. The number of methoxy groups -OCH3 is 6. The monoisotopic (exact) mass is 1200 g/mol. The van der Waals surface area contributed by atoms with Gasteiger partial charge in [-0.2, -0.15) is 10.9 Å². The summed E-state index contributed by atoms with van der Waals surface area (Å²) < 4.78 is 79.5. The Morgan fingerprint density at radius 2 is 0.940 bits per heavy atom. The first kappa shape index (κ1) is 65.8. The predicted octanol–water partition coefficient (Wildman–Crippen LogP) is 6.63. The fourth-order valence-corrected chi connectivity index (χ4v) is 8.99. The number of hydrogen-bond acceptors (Lipinski definition) is 20. The van der Waals surface area contributed by atoms with Crippen molar-refractivity contribution in [3.05, 3.63) is 142 Å². The molecule has 4 heterocycles. The van der Waals surface area contributed by atoms with Crippen molar-refractivity contribution in [2.45, 2.75) is 90.3 Å².